The molecule has 2 amide bonds. The summed E-state index contributed by atoms with van der Waals surface area (Å²) in [4.78, 5) is 26.7. The van der Waals surface area contributed by atoms with Crippen LogP contribution in [0, 0.1) is 17.7 Å². The number of carbonyl (C=O) groups excluding carboxylic acids is 2. The second kappa shape index (κ2) is 7.42. The fraction of sp³-hybridized carbons (Fsp3) is 0.579. The standard InChI is InChI=1S/C19H25FN2O3/c1-12(16-10-15(20)7-8-17(16)25-2)21-18(23)14-4-3-9-22(11-14)19(24)13-5-6-13/h7-8,10,12-14H,3-6,9,11H2,1-2H3,(H,21,23)/t12-,14-/m1/s1. The summed E-state index contributed by atoms with van der Waals surface area (Å²) >= 11 is 0. The van der Waals surface area contributed by atoms with Crippen molar-refractivity contribution in [3.8, 4) is 5.75 Å². The summed E-state index contributed by atoms with van der Waals surface area (Å²) in [5, 5.41) is 2.95. The number of amides is 2. The lowest BCUT2D eigenvalue weighted by Gasteiger charge is -2.33. The molecule has 1 aliphatic heterocycles. The molecule has 0 bridgehead atoms. The van der Waals surface area contributed by atoms with Crippen LogP contribution in [0.3, 0.4) is 0 Å². The first-order valence-electron chi connectivity index (χ1n) is 8.92. The van der Waals surface area contributed by atoms with Crippen molar-refractivity contribution in [1.29, 1.82) is 0 Å². The van der Waals surface area contributed by atoms with E-state index < -0.39 is 0 Å². The average Bonchev–Trinajstić information content (AvgIpc) is 3.46. The molecule has 1 heterocycles. The van der Waals surface area contributed by atoms with Gasteiger partial charge in [-0.25, -0.2) is 4.39 Å². The Hall–Kier alpha value is -2.11. The second-order valence-corrected chi connectivity index (χ2v) is 7.01. The maximum Gasteiger partial charge on any atom is 0.225 e. The molecule has 1 aromatic rings. The van der Waals surface area contributed by atoms with Crippen LogP contribution in [-0.4, -0.2) is 36.9 Å². The number of rotatable bonds is 5. The summed E-state index contributed by atoms with van der Waals surface area (Å²) in [7, 11) is 1.52. The summed E-state index contributed by atoms with van der Waals surface area (Å²) < 4.78 is 18.8. The Kier molecular flexibility index (Phi) is 5.25. The summed E-state index contributed by atoms with van der Waals surface area (Å²) in [6.45, 7) is 3.03. The molecule has 2 aliphatic rings. The molecule has 6 heteroatoms. The maximum atomic E-state index is 13.5. The van der Waals surface area contributed by atoms with E-state index in [0.717, 1.165) is 32.2 Å². The van der Waals surface area contributed by atoms with Crippen LogP contribution in [0.1, 0.15) is 44.2 Å². The largest absolute Gasteiger partial charge is 0.496 e. The zero-order chi connectivity index (χ0) is 18.0. The van der Waals surface area contributed by atoms with Crippen molar-refractivity contribution in [2.45, 2.75) is 38.6 Å². The van der Waals surface area contributed by atoms with Gasteiger partial charge in [0.05, 0.1) is 19.1 Å². The monoisotopic (exact) mass is 348 g/mol. The molecule has 1 N–H and O–H groups in total. The van der Waals surface area contributed by atoms with Gasteiger partial charge in [-0.1, -0.05) is 0 Å². The number of hydrogen-bond acceptors (Lipinski definition) is 3. The Morgan fingerprint density at radius 2 is 2.04 bits per heavy atom. The number of piperidine rings is 1. The highest BCUT2D eigenvalue weighted by Crippen LogP contribution is 2.33. The highest BCUT2D eigenvalue weighted by molar-refractivity contribution is 5.83. The second-order valence-electron chi connectivity index (χ2n) is 7.01. The Balaban J connectivity index is 1.63. The number of methoxy groups -OCH3 is 1. The first-order chi connectivity index (χ1) is 12.0. The SMILES string of the molecule is COc1ccc(F)cc1[C@@H](C)NC(=O)[C@@H]1CCCN(C(=O)C2CC2)C1. The van der Waals surface area contributed by atoms with Gasteiger partial charge in [0.25, 0.3) is 0 Å². The number of ether oxygens (including phenoxy) is 1. The number of halogens is 1. The highest BCUT2D eigenvalue weighted by atomic mass is 19.1. The van der Waals surface area contributed by atoms with Crippen LogP contribution in [-0.2, 0) is 9.59 Å². The zero-order valence-electron chi connectivity index (χ0n) is 14.8. The maximum absolute atomic E-state index is 13.5. The van der Waals surface area contributed by atoms with Crippen LogP contribution in [0.15, 0.2) is 18.2 Å². The van der Waals surface area contributed by atoms with E-state index in [0.29, 0.717) is 17.9 Å². The van der Waals surface area contributed by atoms with Gasteiger partial charge in [-0.15, -0.1) is 0 Å². The van der Waals surface area contributed by atoms with Gasteiger partial charge in [0, 0.05) is 24.6 Å². The minimum absolute atomic E-state index is 0.0906. The summed E-state index contributed by atoms with van der Waals surface area (Å²) in [5.74, 6) is 0.249. The molecule has 2 fully saturated rings. The van der Waals surface area contributed by atoms with E-state index in [2.05, 4.69) is 5.32 Å². The van der Waals surface area contributed by atoms with Gasteiger partial charge in [-0.05, 0) is 50.8 Å². The van der Waals surface area contributed by atoms with Crippen molar-refractivity contribution < 1.29 is 18.7 Å². The normalized spacial score (nSPS) is 21.6. The van der Waals surface area contributed by atoms with Gasteiger partial charge >= 0.3 is 0 Å². The fourth-order valence-electron chi connectivity index (χ4n) is 3.43. The van der Waals surface area contributed by atoms with Crippen molar-refractivity contribution in [3.05, 3.63) is 29.6 Å². The molecule has 1 saturated heterocycles. The number of nitrogens with zero attached hydrogens (tertiary/aromatic N) is 1. The van der Waals surface area contributed by atoms with Crippen molar-refractivity contribution in [1.82, 2.24) is 10.2 Å². The molecule has 2 atom stereocenters. The molecule has 0 aromatic heterocycles. The summed E-state index contributed by atoms with van der Waals surface area (Å²) in [6, 6.07) is 3.91. The van der Waals surface area contributed by atoms with Crippen LogP contribution in [0.2, 0.25) is 0 Å². The predicted molar refractivity (Wildman–Crippen MR) is 91.5 cm³/mol. The number of nitrogens with one attached hydrogen (secondary N) is 1. The van der Waals surface area contributed by atoms with Crippen LogP contribution < -0.4 is 10.1 Å². The molecule has 1 aromatic carbocycles. The quantitative estimate of drug-likeness (QED) is 0.890. The Morgan fingerprint density at radius 1 is 1.28 bits per heavy atom. The number of benzene rings is 1. The third-order valence-electron chi connectivity index (χ3n) is 5.05. The molecule has 0 unspecified atom stereocenters. The van der Waals surface area contributed by atoms with Gasteiger partial charge in [-0.3, -0.25) is 9.59 Å². The molecule has 5 nitrogen and oxygen atoms in total. The lowest BCUT2D eigenvalue weighted by atomic mass is 9.96. The zero-order valence-corrected chi connectivity index (χ0v) is 14.8. The van der Waals surface area contributed by atoms with E-state index in [-0.39, 0.29) is 35.5 Å². The molecular formula is C19H25FN2O3. The Labute approximate surface area is 147 Å². The highest BCUT2D eigenvalue weighted by Gasteiger charge is 2.36. The van der Waals surface area contributed by atoms with E-state index in [1.165, 1.54) is 19.2 Å². The van der Waals surface area contributed by atoms with E-state index in [4.69, 9.17) is 4.74 Å². The predicted octanol–water partition coefficient (Wildman–Crippen LogP) is 2.66. The average molecular weight is 348 g/mol. The van der Waals surface area contributed by atoms with Gasteiger partial charge in [0.1, 0.15) is 11.6 Å². The van der Waals surface area contributed by atoms with Crippen molar-refractivity contribution >= 4 is 11.8 Å². The molecular weight excluding hydrogens is 323 g/mol. The van der Waals surface area contributed by atoms with Gasteiger partial charge in [0.15, 0.2) is 0 Å². The summed E-state index contributed by atoms with van der Waals surface area (Å²) in [5.41, 5.74) is 0.609. The third kappa shape index (κ3) is 4.11. The van der Waals surface area contributed by atoms with E-state index in [9.17, 15) is 14.0 Å². The topological polar surface area (TPSA) is 58.6 Å². The number of hydrogen-bond donors (Lipinski definition) is 1. The van der Waals surface area contributed by atoms with Crippen molar-refractivity contribution in [2.75, 3.05) is 20.2 Å². The lowest BCUT2D eigenvalue weighted by Crippen LogP contribution is -2.46. The van der Waals surface area contributed by atoms with Gasteiger partial charge in [0.2, 0.25) is 11.8 Å². The molecule has 0 spiro atoms. The fourth-order valence-corrected chi connectivity index (χ4v) is 3.43. The van der Waals surface area contributed by atoms with E-state index in [1.54, 1.807) is 6.07 Å². The van der Waals surface area contributed by atoms with Crippen LogP contribution in [0.25, 0.3) is 0 Å². The molecule has 1 aliphatic carbocycles. The summed E-state index contributed by atoms with van der Waals surface area (Å²) in [6.07, 6.45) is 3.56. The minimum atomic E-state index is -0.368. The first-order valence-corrected chi connectivity index (χ1v) is 8.92. The molecule has 136 valence electrons. The van der Waals surface area contributed by atoms with Gasteiger partial charge in [-0.2, -0.15) is 0 Å². The Bertz CT molecular complexity index is 660. The molecule has 25 heavy (non-hydrogen) atoms. The van der Waals surface area contributed by atoms with Crippen LogP contribution in [0.4, 0.5) is 4.39 Å². The third-order valence-corrected chi connectivity index (χ3v) is 5.05. The first kappa shape index (κ1) is 17.7. The van der Waals surface area contributed by atoms with Gasteiger partial charge < -0.3 is 15.0 Å². The molecule has 3 rings (SSSR count). The van der Waals surface area contributed by atoms with E-state index in [1.807, 2.05) is 11.8 Å². The number of likely N-dealkylation sites (tertiary alicyclic amines) is 1. The van der Waals surface area contributed by atoms with E-state index >= 15 is 0 Å². The van der Waals surface area contributed by atoms with Crippen molar-refractivity contribution in [3.63, 3.8) is 0 Å². The smallest absolute Gasteiger partial charge is 0.225 e. The molecule has 0 radical (unpaired) electrons. The minimum Gasteiger partial charge on any atom is -0.496 e. The number of carbonyl (C=O) groups is 2. The van der Waals surface area contributed by atoms with Crippen LogP contribution in [0.5, 0.6) is 5.75 Å². The Morgan fingerprint density at radius 3 is 2.72 bits per heavy atom. The lowest BCUT2D eigenvalue weighted by molar-refractivity contribution is -0.137. The van der Waals surface area contributed by atoms with Crippen LogP contribution >= 0.6 is 0 Å². The van der Waals surface area contributed by atoms with Crippen molar-refractivity contribution in [2.24, 2.45) is 11.8 Å². The molecule has 1 saturated carbocycles.